The van der Waals surface area contributed by atoms with Crippen LogP contribution >= 0.6 is 0 Å². The molecule has 0 radical (unpaired) electrons. The number of allylic oxidation sites excluding steroid dienone is 1. The van der Waals surface area contributed by atoms with E-state index in [1.807, 2.05) is 0 Å². The van der Waals surface area contributed by atoms with Gasteiger partial charge in [-0.2, -0.15) is 8.42 Å². The second kappa shape index (κ2) is 8.12. The number of aliphatic imine (C=N–C) groups is 1. The monoisotopic (exact) mass is 421 g/mol. The number of aliphatic hydroxyl groups excluding tert-OH is 1. The van der Waals surface area contributed by atoms with Crippen LogP contribution in [-0.4, -0.2) is 31.6 Å². The Morgan fingerprint density at radius 1 is 1.17 bits per heavy atom. The van der Waals surface area contributed by atoms with Gasteiger partial charge in [0, 0.05) is 12.3 Å². The first-order valence-corrected chi connectivity index (χ1v) is 10.0. The van der Waals surface area contributed by atoms with Crippen LogP contribution in [0.2, 0.25) is 0 Å². The first-order chi connectivity index (χ1) is 13.7. The number of halogens is 2. The number of ketones is 1. The number of aliphatic hydroxyl groups is 1. The van der Waals surface area contributed by atoms with E-state index in [1.165, 1.54) is 24.3 Å². The predicted octanol–water partition coefficient (Wildman–Crippen LogP) is 3.90. The van der Waals surface area contributed by atoms with E-state index < -0.39 is 38.8 Å². The van der Waals surface area contributed by atoms with Crippen LogP contribution in [-0.2, 0) is 10.1 Å². The molecule has 0 amide bonds. The van der Waals surface area contributed by atoms with Crippen molar-refractivity contribution in [3.63, 3.8) is 0 Å². The molecule has 1 N–H and O–H groups in total. The molecule has 0 aromatic heterocycles. The molecule has 9 heteroatoms. The molecule has 1 fully saturated rings. The van der Waals surface area contributed by atoms with Crippen LogP contribution < -0.4 is 4.18 Å². The van der Waals surface area contributed by atoms with Crippen LogP contribution in [0.1, 0.15) is 28.8 Å². The van der Waals surface area contributed by atoms with E-state index in [0.717, 1.165) is 24.6 Å². The van der Waals surface area contributed by atoms with Gasteiger partial charge in [-0.3, -0.25) is 9.79 Å². The van der Waals surface area contributed by atoms with Crippen molar-refractivity contribution in [1.29, 1.82) is 0 Å². The number of carbonyl (C=O) groups excluding carboxylic acids is 1. The van der Waals surface area contributed by atoms with Gasteiger partial charge in [-0.05, 0) is 38.0 Å². The fraction of sp³-hybridized carbons (Fsp3) is 0.200. The molecule has 0 saturated heterocycles. The lowest BCUT2D eigenvalue weighted by Gasteiger charge is -2.12. The van der Waals surface area contributed by atoms with E-state index >= 15 is 0 Å². The SMILES string of the molecule is Cc1ccc(S(=O)(=O)Oc2cc(F)c(F)cc2C(=O)/C(C=NC2CC2)=C/O)cc1. The highest BCUT2D eigenvalue weighted by Crippen LogP contribution is 2.29. The quantitative estimate of drug-likeness (QED) is 0.241. The zero-order valence-corrected chi connectivity index (χ0v) is 16.1. The van der Waals surface area contributed by atoms with E-state index in [2.05, 4.69) is 4.99 Å². The van der Waals surface area contributed by atoms with Crippen LogP contribution in [0.25, 0.3) is 0 Å². The van der Waals surface area contributed by atoms with E-state index in [0.29, 0.717) is 18.4 Å². The summed E-state index contributed by atoms with van der Waals surface area (Å²) in [6.07, 6.45) is 3.27. The van der Waals surface area contributed by atoms with Gasteiger partial charge in [-0.25, -0.2) is 8.78 Å². The summed E-state index contributed by atoms with van der Waals surface area (Å²) < 4.78 is 57.5. The molecule has 1 saturated carbocycles. The zero-order chi connectivity index (χ0) is 21.2. The van der Waals surface area contributed by atoms with Gasteiger partial charge in [0.2, 0.25) is 5.78 Å². The minimum Gasteiger partial charge on any atom is -0.515 e. The summed E-state index contributed by atoms with van der Waals surface area (Å²) in [5.74, 6) is -4.43. The van der Waals surface area contributed by atoms with Crippen molar-refractivity contribution in [3.8, 4) is 5.75 Å². The van der Waals surface area contributed by atoms with Crippen molar-refractivity contribution in [1.82, 2.24) is 0 Å². The minimum atomic E-state index is -4.42. The second-order valence-corrected chi connectivity index (χ2v) is 8.08. The van der Waals surface area contributed by atoms with Gasteiger partial charge in [-0.1, -0.05) is 17.7 Å². The molecule has 3 rings (SSSR count). The fourth-order valence-corrected chi connectivity index (χ4v) is 3.30. The molecule has 0 heterocycles. The van der Waals surface area contributed by atoms with Crippen molar-refractivity contribution in [2.75, 3.05) is 0 Å². The first kappa shape index (κ1) is 20.7. The molecule has 0 unspecified atom stereocenters. The van der Waals surface area contributed by atoms with Crippen molar-refractivity contribution >= 4 is 22.1 Å². The van der Waals surface area contributed by atoms with Crippen LogP contribution in [0.3, 0.4) is 0 Å². The molecular formula is C20H17F2NO5S. The molecule has 0 spiro atoms. The zero-order valence-electron chi connectivity index (χ0n) is 15.3. The summed E-state index contributed by atoms with van der Waals surface area (Å²) in [4.78, 5) is 16.5. The molecular weight excluding hydrogens is 404 g/mol. The summed E-state index contributed by atoms with van der Waals surface area (Å²) in [7, 11) is -4.42. The molecule has 6 nitrogen and oxygen atoms in total. The van der Waals surface area contributed by atoms with Gasteiger partial charge < -0.3 is 9.29 Å². The molecule has 0 bridgehead atoms. The Bertz CT molecular complexity index is 1100. The average molecular weight is 421 g/mol. The maximum Gasteiger partial charge on any atom is 0.339 e. The van der Waals surface area contributed by atoms with Gasteiger partial charge in [0.15, 0.2) is 17.4 Å². The topological polar surface area (TPSA) is 93.0 Å². The lowest BCUT2D eigenvalue weighted by atomic mass is 10.0. The maximum atomic E-state index is 13.8. The molecule has 0 atom stereocenters. The van der Waals surface area contributed by atoms with Gasteiger partial charge in [0.1, 0.15) is 4.90 Å². The minimum absolute atomic E-state index is 0.0420. The van der Waals surface area contributed by atoms with Crippen LogP contribution in [0.5, 0.6) is 5.75 Å². The summed E-state index contributed by atoms with van der Waals surface area (Å²) in [5, 5.41) is 9.34. The number of benzene rings is 2. The summed E-state index contributed by atoms with van der Waals surface area (Å²) in [5.41, 5.74) is -0.0806. The van der Waals surface area contributed by atoms with Crippen LogP contribution in [0.4, 0.5) is 8.78 Å². The number of rotatable bonds is 7. The summed E-state index contributed by atoms with van der Waals surface area (Å²) in [6, 6.07) is 6.68. The van der Waals surface area contributed by atoms with E-state index in [-0.39, 0.29) is 16.5 Å². The lowest BCUT2D eigenvalue weighted by Crippen LogP contribution is -2.15. The number of Topliss-reactive ketones (excluding diaryl/α,β-unsaturated/α-hetero) is 1. The Kier molecular flexibility index (Phi) is 5.78. The van der Waals surface area contributed by atoms with Crippen molar-refractivity contribution in [3.05, 3.63) is 71.0 Å². The van der Waals surface area contributed by atoms with Gasteiger partial charge in [0.05, 0.1) is 23.4 Å². The molecule has 29 heavy (non-hydrogen) atoms. The number of carbonyl (C=O) groups is 1. The predicted molar refractivity (Wildman–Crippen MR) is 102 cm³/mol. The second-order valence-electron chi connectivity index (χ2n) is 6.54. The Balaban J connectivity index is 1.99. The van der Waals surface area contributed by atoms with Crippen molar-refractivity contribution in [2.24, 2.45) is 4.99 Å². The first-order valence-electron chi connectivity index (χ1n) is 8.63. The third-order valence-electron chi connectivity index (χ3n) is 4.15. The molecule has 2 aromatic rings. The van der Waals surface area contributed by atoms with Crippen LogP contribution in [0.15, 0.2) is 58.1 Å². The Labute approximate surface area is 166 Å². The normalized spacial score (nSPS) is 14.9. The van der Waals surface area contributed by atoms with Crippen molar-refractivity contribution in [2.45, 2.75) is 30.7 Å². The smallest absolute Gasteiger partial charge is 0.339 e. The fourth-order valence-electron chi connectivity index (χ4n) is 2.36. The highest BCUT2D eigenvalue weighted by molar-refractivity contribution is 7.87. The molecule has 1 aliphatic carbocycles. The van der Waals surface area contributed by atoms with Gasteiger partial charge in [-0.15, -0.1) is 0 Å². The summed E-state index contributed by atoms with van der Waals surface area (Å²) >= 11 is 0. The largest absolute Gasteiger partial charge is 0.515 e. The Hall–Kier alpha value is -3.07. The Morgan fingerprint density at radius 3 is 2.38 bits per heavy atom. The number of hydrogen-bond donors (Lipinski definition) is 1. The third-order valence-corrected chi connectivity index (χ3v) is 5.40. The summed E-state index contributed by atoms with van der Waals surface area (Å²) in [6.45, 7) is 1.76. The molecule has 0 aliphatic heterocycles. The number of nitrogens with zero attached hydrogens (tertiary/aromatic N) is 1. The van der Waals surface area contributed by atoms with E-state index in [4.69, 9.17) is 4.18 Å². The molecule has 1 aliphatic rings. The lowest BCUT2D eigenvalue weighted by molar-refractivity contribution is 0.103. The maximum absolute atomic E-state index is 13.8. The third kappa shape index (κ3) is 4.86. The van der Waals surface area contributed by atoms with E-state index in [1.54, 1.807) is 6.92 Å². The van der Waals surface area contributed by atoms with E-state index in [9.17, 15) is 27.1 Å². The molecule has 2 aromatic carbocycles. The highest BCUT2D eigenvalue weighted by atomic mass is 32.2. The van der Waals surface area contributed by atoms with Gasteiger partial charge >= 0.3 is 10.1 Å². The van der Waals surface area contributed by atoms with Crippen molar-refractivity contribution < 1.29 is 31.3 Å². The highest BCUT2D eigenvalue weighted by Gasteiger charge is 2.26. The van der Waals surface area contributed by atoms with Gasteiger partial charge in [0.25, 0.3) is 0 Å². The molecule has 152 valence electrons. The standard InChI is InChI=1S/C20H17F2NO5S/c1-12-2-6-15(7-3-12)29(26,27)28-19-9-18(22)17(21)8-16(19)20(25)13(11-24)10-23-14-4-5-14/h2-3,6-11,14,24H,4-5H2,1H3/b13-11+,23-10?. The Morgan fingerprint density at radius 2 is 1.79 bits per heavy atom. The van der Waals surface area contributed by atoms with Crippen LogP contribution in [0, 0.1) is 18.6 Å². The number of aryl methyl sites for hydroxylation is 1. The average Bonchev–Trinajstić information content (AvgIpc) is 3.49. The number of hydrogen-bond acceptors (Lipinski definition) is 6.